The number of aliphatic hydroxyl groups excluding tert-OH is 1. The lowest BCUT2D eigenvalue weighted by Gasteiger charge is -2.31. The van der Waals surface area contributed by atoms with Crippen molar-refractivity contribution in [2.75, 3.05) is 19.6 Å². The fourth-order valence-electron chi connectivity index (χ4n) is 5.69. The van der Waals surface area contributed by atoms with E-state index in [9.17, 15) is 22.7 Å². The Balaban J connectivity index is 0.000000271. The number of hydrogen-bond donors (Lipinski definition) is 2. The van der Waals surface area contributed by atoms with E-state index in [2.05, 4.69) is 15.0 Å². The van der Waals surface area contributed by atoms with E-state index >= 15 is 0 Å². The molecule has 0 bridgehead atoms. The SMILES string of the molecule is Cc1ccc(S(=O)(=O)O)cc1.Cc1nc2n(c(=O)c1CCN1CCC(c3noc4cc(F)ccc34)CC1)CCC[C@H]2O. The monoisotopic (exact) mass is 598 g/mol. The molecule has 0 unspecified atom stereocenters. The molecule has 2 aliphatic rings. The lowest BCUT2D eigenvalue weighted by Crippen LogP contribution is -2.37. The zero-order chi connectivity index (χ0) is 30.0. The summed E-state index contributed by atoms with van der Waals surface area (Å²) in [6.07, 6.45) is 3.38. The number of nitrogens with zero attached hydrogens (tertiary/aromatic N) is 4. The second-order valence-corrected chi connectivity index (χ2v) is 12.4. The van der Waals surface area contributed by atoms with Crippen LogP contribution in [-0.4, -0.2) is 57.3 Å². The van der Waals surface area contributed by atoms with Crippen LogP contribution < -0.4 is 5.56 Å². The Morgan fingerprint density at radius 3 is 2.45 bits per heavy atom. The van der Waals surface area contributed by atoms with Gasteiger partial charge in [-0.25, -0.2) is 9.37 Å². The third-order valence-corrected chi connectivity index (χ3v) is 8.96. The minimum atomic E-state index is -4.02. The Labute approximate surface area is 243 Å². The number of rotatable bonds is 5. The lowest BCUT2D eigenvalue weighted by molar-refractivity contribution is 0.129. The predicted octanol–water partition coefficient (Wildman–Crippen LogP) is 4.32. The standard InChI is InChI=1S/C23H27FN4O3.C7H8O3S/c1-14-17(23(30)28-9-2-3-19(29)22(28)25-14)8-12-27-10-6-15(7-11-27)21-18-5-4-16(24)13-20(18)31-26-21;1-6-2-4-7(5-3-6)11(8,9)10/h4-5,13,15,19,29H,2-3,6-12H2,1H3;2-5H,1H3,(H,8,9,10)/t19-;/m1./s1. The van der Waals surface area contributed by atoms with Gasteiger partial charge in [0.05, 0.1) is 10.6 Å². The van der Waals surface area contributed by atoms with Crippen molar-refractivity contribution < 1.29 is 27.0 Å². The Bertz CT molecular complexity index is 1730. The summed E-state index contributed by atoms with van der Waals surface area (Å²) in [7, 11) is -4.02. The molecule has 1 atom stereocenters. The van der Waals surface area contributed by atoms with Gasteiger partial charge in [-0.3, -0.25) is 13.9 Å². The molecule has 0 amide bonds. The predicted molar refractivity (Wildman–Crippen MR) is 155 cm³/mol. The fourth-order valence-corrected chi connectivity index (χ4v) is 6.17. The third kappa shape index (κ3) is 6.62. The van der Waals surface area contributed by atoms with E-state index in [0.29, 0.717) is 36.7 Å². The molecular weight excluding hydrogens is 563 g/mol. The van der Waals surface area contributed by atoms with E-state index in [0.717, 1.165) is 66.8 Å². The summed E-state index contributed by atoms with van der Waals surface area (Å²) in [5, 5.41) is 15.3. The summed E-state index contributed by atoms with van der Waals surface area (Å²) in [5.41, 5.74) is 3.85. The van der Waals surface area contributed by atoms with Crippen LogP contribution in [0.3, 0.4) is 0 Å². The molecule has 0 aliphatic carbocycles. The third-order valence-electron chi connectivity index (χ3n) is 8.09. The van der Waals surface area contributed by atoms with Crippen LogP contribution >= 0.6 is 0 Å². The summed E-state index contributed by atoms with van der Waals surface area (Å²) in [5.74, 6) is 0.489. The first-order valence-corrected chi connectivity index (χ1v) is 15.5. The number of halogens is 1. The van der Waals surface area contributed by atoms with Crippen LogP contribution in [0, 0.1) is 19.7 Å². The summed E-state index contributed by atoms with van der Waals surface area (Å²) in [4.78, 5) is 19.8. The molecule has 1 fully saturated rings. The van der Waals surface area contributed by atoms with Crippen LogP contribution in [0.1, 0.15) is 66.0 Å². The minimum Gasteiger partial charge on any atom is -0.385 e. The van der Waals surface area contributed by atoms with Crippen LogP contribution in [-0.2, 0) is 23.1 Å². The van der Waals surface area contributed by atoms with Crippen LogP contribution in [0.2, 0.25) is 0 Å². The van der Waals surface area contributed by atoms with E-state index in [4.69, 9.17) is 9.08 Å². The molecule has 0 radical (unpaired) electrons. The number of aryl methyl sites for hydroxylation is 2. The van der Waals surface area contributed by atoms with Gasteiger partial charge in [0.25, 0.3) is 15.7 Å². The Hall–Kier alpha value is -3.45. The largest absolute Gasteiger partial charge is 0.385 e. The first-order chi connectivity index (χ1) is 20.0. The number of piperidine rings is 1. The topological polar surface area (TPSA) is 139 Å². The van der Waals surface area contributed by atoms with Gasteiger partial charge in [-0.05, 0) is 83.3 Å². The van der Waals surface area contributed by atoms with Crippen molar-refractivity contribution in [1.29, 1.82) is 0 Å². The van der Waals surface area contributed by atoms with Crippen molar-refractivity contribution in [3.63, 3.8) is 0 Å². The highest BCUT2D eigenvalue weighted by molar-refractivity contribution is 7.85. The molecule has 1 saturated heterocycles. The van der Waals surface area contributed by atoms with Gasteiger partial charge in [0.15, 0.2) is 5.58 Å². The van der Waals surface area contributed by atoms with Gasteiger partial charge in [0.2, 0.25) is 0 Å². The molecule has 224 valence electrons. The molecule has 2 aliphatic heterocycles. The fraction of sp³-hybridized carbons (Fsp3) is 0.433. The number of hydrogen-bond acceptors (Lipinski definition) is 8. The second-order valence-electron chi connectivity index (χ2n) is 11.0. The quantitative estimate of drug-likeness (QED) is 0.322. The minimum absolute atomic E-state index is 0.00237. The van der Waals surface area contributed by atoms with Crippen molar-refractivity contribution in [1.82, 2.24) is 19.6 Å². The molecule has 2 N–H and O–H groups in total. The average Bonchev–Trinajstić information content (AvgIpc) is 3.37. The van der Waals surface area contributed by atoms with Gasteiger partial charge in [-0.15, -0.1) is 0 Å². The molecule has 42 heavy (non-hydrogen) atoms. The zero-order valence-electron chi connectivity index (χ0n) is 23.7. The smallest absolute Gasteiger partial charge is 0.294 e. The maximum Gasteiger partial charge on any atom is 0.294 e. The Morgan fingerprint density at radius 1 is 1.05 bits per heavy atom. The summed E-state index contributed by atoms with van der Waals surface area (Å²) >= 11 is 0. The number of likely N-dealkylation sites (tertiary alicyclic amines) is 1. The van der Waals surface area contributed by atoms with Gasteiger partial charge in [0, 0.05) is 41.7 Å². The maximum absolute atomic E-state index is 13.4. The van der Waals surface area contributed by atoms with E-state index in [1.807, 2.05) is 13.8 Å². The highest BCUT2D eigenvalue weighted by atomic mass is 32.2. The zero-order valence-corrected chi connectivity index (χ0v) is 24.5. The van der Waals surface area contributed by atoms with Crippen molar-refractivity contribution in [3.05, 3.63) is 87.0 Å². The highest BCUT2D eigenvalue weighted by Gasteiger charge is 2.27. The Morgan fingerprint density at radius 2 is 1.76 bits per heavy atom. The molecule has 6 rings (SSSR count). The average molecular weight is 599 g/mol. The summed E-state index contributed by atoms with van der Waals surface area (Å²) in [6, 6.07) is 10.6. The highest BCUT2D eigenvalue weighted by Crippen LogP contribution is 2.33. The normalized spacial score (nSPS) is 18.0. The molecule has 4 heterocycles. The number of fused-ring (bicyclic) bond motifs is 2. The Kier molecular flexibility index (Phi) is 8.88. The molecule has 12 heteroatoms. The van der Waals surface area contributed by atoms with E-state index in [-0.39, 0.29) is 16.3 Å². The maximum atomic E-state index is 13.4. The van der Waals surface area contributed by atoms with Gasteiger partial charge in [0.1, 0.15) is 17.7 Å². The van der Waals surface area contributed by atoms with Gasteiger partial charge in [-0.1, -0.05) is 22.9 Å². The number of benzene rings is 2. The molecule has 10 nitrogen and oxygen atoms in total. The molecule has 0 spiro atoms. The molecule has 0 saturated carbocycles. The van der Waals surface area contributed by atoms with Crippen LogP contribution in [0.5, 0.6) is 0 Å². The molecule has 4 aromatic rings. The molecule has 2 aromatic heterocycles. The summed E-state index contributed by atoms with van der Waals surface area (Å²) in [6.45, 7) is 6.97. The second kappa shape index (κ2) is 12.4. The van der Waals surface area contributed by atoms with E-state index in [1.54, 1.807) is 22.8 Å². The van der Waals surface area contributed by atoms with Crippen LogP contribution in [0.15, 0.2) is 56.7 Å². The van der Waals surface area contributed by atoms with Crippen molar-refractivity contribution in [2.24, 2.45) is 0 Å². The number of aliphatic hydroxyl groups is 1. The van der Waals surface area contributed by atoms with Crippen molar-refractivity contribution >= 4 is 21.1 Å². The van der Waals surface area contributed by atoms with Gasteiger partial charge >= 0.3 is 0 Å². The van der Waals surface area contributed by atoms with Crippen molar-refractivity contribution in [3.8, 4) is 0 Å². The molecular formula is C30H35FN4O6S. The first kappa shape index (κ1) is 30.0. The summed E-state index contributed by atoms with van der Waals surface area (Å²) < 4.78 is 49.9. The molecule has 2 aromatic carbocycles. The first-order valence-electron chi connectivity index (χ1n) is 14.1. The van der Waals surface area contributed by atoms with Crippen molar-refractivity contribution in [2.45, 2.75) is 69.4 Å². The van der Waals surface area contributed by atoms with Crippen LogP contribution in [0.4, 0.5) is 4.39 Å². The van der Waals surface area contributed by atoms with Crippen LogP contribution in [0.25, 0.3) is 11.0 Å². The number of aromatic nitrogens is 3. The van der Waals surface area contributed by atoms with Gasteiger partial charge < -0.3 is 14.5 Å². The van der Waals surface area contributed by atoms with Gasteiger partial charge in [-0.2, -0.15) is 8.42 Å². The van der Waals surface area contributed by atoms with E-state index < -0.39 is 16.2 Å². The lowest BCUT2D eigenvalue weighted by atomic mass is 9.91. The van der Waals surface area contributed by atoms with E-state index in [1.165, 1.54) is 24.3 Å².